The van der Waals surface area contributed by atoms with Gasteiger partial charge >= 0.3 is 0 Å². The highest BCUT2D eigenvalue weighted by Crippen LogP contribution is 2.47. The number of aliphatic hydroxyl groups excluding tert-OH is 1. The van der Waals surface area contributed by atoms with Crippen molar-refractivity contribution in [2.75, 3.05) is 0 Å². The highest BCUT2D eigenvalue weighted by Gasteiger charge is 2.48. The Kier molecular flexibility index (Phi) is 1.78. The van der Waals surface area contributed by atoms with E-state index in [-0.39, 0.29) is 6.61 Å². The van der Waals surface area contributed by atoms with Crippen LogP contribution in [0.4, 0.5) is 0 Å². The van der Waals surface area contributed by atoms with Crippen molar-refractivity contribution in [3.63, 3.8) is 0 Å². The number of hydrogen-bond acceptors (Lipinski definition) is 4. The van der Waals surface area contributed by atoms with Gasteiger partial charge in [0.25, 0.3) is 0 Å². The monoisotopic (exact) mass is 197 g/mol. The number of rotatable bonds is 1. The van der Waals surface area contributed by atoms with E-state index in [1.807, 2.05) is 27.7 Å². The summed E-state index contributed by atoms with van der Waals surface area (Å²) in [6.07, 6.45) is 0. The summed E-state index contributed by atoms with van der Waals surface area (Å²) in [5.41, 5.74) is 0.580. The first-order valence-electron chi connectivity index (χ1n) is 4.69. The average Bonchev–Trinajstić information content (AvgIpc) is 2.51. The molecule has 4 nitrogen and oxygen atoms in total. The van der Waals surface area contributed by atoms with Crippen LogP contribution in [0.5, 0.6) is 0 Å². The van der Waals surface area contributed by atoms with Gasteiger partial charge in [-0.3, -0.25) is 0 Å². The summed E-state index contributed by atoms with van der Waals surface area (Å²) in [4.78, 5) is 0. The van der Waals surface area contributed by atoms with Crippen LogP contribution in [0.1, 0.15) is 44.7 Å². The molecule has 1 aromatic rings. The van der Waals surface area contributed by atoms with Crippen LogP contribution in [0.15, 0.2) is 4.52 Å². The number of aromatic nitrogens is 1. The molecular weight excluding hydrogens is 182 g/mol. The molecule has 0 fully saturated rings. The molecule has 0 saturated heterocycles. The lowest BCUT2D eigenvalue weighted by molar-refractivity contribution is -0.114. The highest BCUT2D eigenvalue weighted by molar-refractivity contribution is 5.35. The second kappa shape index (κ2) is 2.58. The average molecular weight is 197 g/mol. The highest BCUT2D eigenvalue weighted by atomic mass is 16.6. The third kappa shape index (κ3) is 1.11. The fourth-order valence-electron chi connectivity index (χ4n) is 2.20. The van der Waals surface area contributed by atoms with Gasteiger partial charge in [0.05, 0.1) is 17.8 Å². The van der Waals surface area contributed by atoms with E-state index in [2.05, 4.69) is 5.16 Å². The summed E-state index contributed by atoms with van der Waals surface area (Å²) in [7, 11) is 0. The van der Waals surface area contributed by atoms with E-state index in [0.717, 1.165) is 11.3 Å². The van der Waals surface area contributed by atoms with E-state index in [9.17, 15) is 0 Å². The zero-order chi connectivity index (χ0) is 10.6. The lowest BCUT2D eigenvalue weighted by Gasteiger charge is -2.24. The van der Waals surface area contributed by atoms with Gasteiger partial charge in [-0.2, -0.15) is 0 Å². The molecule has 0 amide bonds. The van der Waals surface area contributed by atoms with Crippen LogP contribution in [0.3, 0.4) is 0 Å². The van der Waals surface area contributed by atoms with Crippen LogP contribution in [0, 0.1) is 0 Å². The van der Waals surface area contributed by atoms with Crippen molar-refractivity contribution < 1.29 is 14.4 Å². The second-order valence-corrected chi connectivity index (χ2v) is 4.61. The van der Waals surface area contributed by atoms with Gasteiger partial charge in [0.1, 0.15) is 11.3 Å². The standard InChI is InChI=1S/C10H15NO3/c1-9(2)7-6(5-12)11-13-8(7)10(3,4)14-9/h12H,5H2,1-4H3. The molecule has 78 valence electrons. The maximum Gasteiger partial charge on any atom is 0.174 e. The molecule has 0 radical (unpaired) electrons. The molecule has 0 atom stereocenters. The Bertz CT molecular complexity index is 365. The van der Waals surface area contributed by atoms with Gasteiger partial charge in [-0.15, -0.1) is 0 Å². The molecule has 2 heterocycles. The first kappa shape index (κ1) is 9.68. The second-order valence-electron chi connectivity index (χ2n) is 4.61. The molecule has 1 aliphatic heterocycles. The molecule has 14 heavy (non-hydrogen) atoms. The van der Waals surface area contributed by atoms with Gasteiger partial charge in [-0.25, -0.2) is 0 Å². The van der Waals surface area contributed by atoms with Crippen molar-refractivity contribution in [3.05, 3.63) is 17.0 Å². The molecular formula is C10H15NO3. The summed E-state index contributed by atoms with van der Waals surface area (Å²) in [5, 5.41) is 13.0. The van der Waals surface area contributed by atoms with Crippen molar-refractivity contribution in [1.82, 2.24) is 5.16 Å². The summed E-state index contributed by atoms with van der Waals surface area (Å²) in [6.45, 7) is 7.68. The quantitative estimate of drug-likeness (QED) is 0.744. The SMILES string of the molecule is CC1(C)OC(C)(C)c2c(CO)noc21. The zero-order valence-corrected chi connectivity index (χ0v) is 8.92. The van der Waals surface area contributed by atoms with Gasteiger partial charge in [0.15, 0.2) is 5.76 Å². The minimum atomic E-state index is -0.459. The molecule has 0 bridgehead atoms. The van der Waals surface area contributed by atoms with Gasteiger partial charge in [-0.05, 0) is 27.7 Å². The fourth-order valence-corrected chi connectivity index (χ4v) is 2.20. The third-order valence-electron chi connectivity index (χ3n) is 2.57. The number of hydrogen-bond donors (Lipinski definition) is 1. The molecule has 0 spiro atoms. The maximum atomic E-state index is 9.12. The molecule has 2 rings (SSSR count). The molecule has 1 aromatic heterocycles. The maximum absolute atomic E-state index is 9.12. The van der Waals surface area contributed by atoms with Crippen LogP contribution >= 0.6 is 0 Å². The van der Waals surface area contributed by atoms with Crippen molar-refractivity contribution in [3.8, 4) is 0 Å². The number of fused-ring (bicyclic) bond motifs is 1. The van der Waals surface area contributed by atoms with Crippen LogP contribution in [-0.4, -0.2) is 10.3 Å². The predicted molar refractivity (Wildman–Crippen MR) is 49.6 cm³/mol. The number of aliphatic hydroxyl groups is 1. The minimum Gasteiger partial charge on any atom is -0.390 e. The van der Waals surface area contributed by atoms with E-state index in [1.54, 1.807) is 0 Å². The first-order chi connectivity index (χ1) is 6.38. The topological polar surface area (TPSA) is 55.5 Å². The molecule has 0 aliphatic carbocycles. The normalized spacial score (nSPS) is 22.4. The van der Waals surface area contributed by atoms with E-state index in [0.29, 0.717) is 5.69 Å². The lowest BCUT2D eigenvalue weighted by atomic mass is 9.96. The summed E-state index contributed by atoms with van der Waals surface area (Å²) in [6, 6.07) is 0. The molecule has 0 aromatic carbocycles. The largest absolute Gasteiger partial charge is 0.390 e. The Morgan fingerprint density at radius 1 is 1.21 bits per heavy atom. The smallest absolute Gasteiger partial charge is 0.174 e. The van der Waals surface area contributed by atoms with E-state index in [4.69, 9.17) is 14.4 Å². The molecule has 0 unspecified atom stereocenters. The Labute approximate surface area is 82.9 Å². The van der Waals surface area contributed by atoms with Gasteiger partial charge in [0, 0.05) is 0 Å². The minimum absolute atomic E-state index is 0.109. The summed E-state index contributed by atoms with van der Waals surface area (Å²) < 4.78 is 11.1. The van der Waals surface area contributed by atoms with Gasteiger partial charge < -0.3 is 14.4 Å². The third-order valence-corrected chi connectivity index (χ3v) is 2.57. The summed E-state index contributed by atoms with van der Waals surface area (Å²) in [5.74, 6) is 0.728. The Morgan fingerprint density at radius 3 is 2.43 bits per heavy atom. The fraction of sp³-hybridized carbons (Fsp3) is 0.700. The Hall–Kier alpha value is -0.870. The van der Waals surface area contributed by atoms with E-state index in [1.165, 1.54) is 0 Å². The van der Waals surface area contributed by atoms with Crippen molar-refractivity contribution in [1.29, 1.82) is 0 Å². The number of ether oxygens (including phenoxy) is 1. The van der Waals surface area contributed by atoms with Crippen molar-refractivity contribution in [2.45, 2.75) is 45.5 Å². The van der Waals surface area contributed by atoms with Crippen LogP contribution in [0.25, 0.3) is 0 Å². The van der Waals surface area contributed by atoms with Crippen molar-refractivity contribution in [2.24, 2.45) is 0 Å². The van der Waals surface area contributed by atoms with Crippen LogP contribution in [0.2, 0.25) is 0 Å². The Balaban J connectivity index is 2.62. The van der Waals surface area contributed by atoms with Crippen LogP contribution < -0.4 is 0 Å². The first-order valence-corrected chi connectivity index (χ1v) is 4.69. The van der Waals surface area contributed by atoms with Gasteiger partial charge in [0.2, 0.25) is 0 Å². The van der Waals surface area contributed by atoms with E-state index >= 15 is 0 Å². The molecule has 1 N–H and O–H groups in total. The molecule has 0 saturated carbocycles. The number of nitrogens with zero attached hydrogens (tertiary/aromatic N) is 1. The zero-order valence-electron chi connectivity index (χ0n) is 8.92. The molecule has 1 aliphatic rings. The molecule has 4 heteroatoms. The summed E-state index contributed by atoms with van der Waals surface area (Å²) >= 11 is 0. The van der Waals surface area contributed by atoms with Gasteiger partial charge in [-0.1, -0.05) is 5.16 Å². The lowest BCUT2D eigenvalue weighted by Crippen LogP contribution is -2.23. The van der Waals surface area contributed by atoms with Crippen molar-refractivity contribution >= 4 is 0 Å². The predicted octanol–water partition coefficient (Wildman–Crippen LogP) is 1.67. The Morgan fingerprint density at radius 2 is 1.86 bits per heavy atom. The van der Waals surface area contributed by atoms with E-state index < -0.39 is 11.2 Å². The van der Waals surface area contributed by atoms with Crippen LogP contribution in [-0.2, 0) is 22.5 Å².